The van der Waals surface area contributed by atoms with E-state index in [4.69, 9.17) is 4.74 Å². The van der Waals surface area contributed by atoms with Gasteiger partial charge in [0.2, 0.25) is 5.95 Å². The SMILES string of the molecule is C=C/C(=C\N=C)COc1ccnc(-c2ccnc(Nc3ccc4[nH]c(C(=O)N5CCN(C)CC5)cc4c3)n2)c1. The zero-order valence-electron chi connectivity index (χ0n) is 21.8. The van der Waals surface area contributed by atoms with E-state index >= 15 is 0 Å². The molecule has 0 saturated carbocycles. The second-order valence-corrected chi connectivity index (χ2v) is 9.23. The number of nitrogens with one attached hydrogen (secondary N) is 2. The Morgan fingerprint density at radius 1 is 1.10 bits per heavy atom. The largest absolute Gasteiger partial charge is 0.489 e. The van der Waals surface area contributed by atoms with E-state index in [1.807, 2.05) is 35.2 Å². The van der Waals surface area contributed by atoms with Gasteiger partial charge in [0.05, 0.1) is 11.4 Å². The number of carbonyl (C=O) groups is 1. The number of likely N-dealkylation sites (N-methyl/N-ethyl adjacent to an activating group) is 1. The summed E-state index contributed by atoms with van der Waals surface area (Å²) < 4.78 is 5.84. The first-order valence-corrected chi connectivity index (χ1v) is 12.6. The molecule has 2 N–H and O–H groups in total. The van der Waals surface area contributed by atoms with E-state index in [1.54, 1.807) is 36.8 Å². The average molecular weight is 523 g/mol. The van der Waals surface area contributed by atoms with E-state index in [9.17, 15) is 4.79 Å². The Kier molecular flexibility index (Phi) is 7.74. The molecule has 1 aliphatic heterocycles. The molecule has 1 amide bonds. The zero-order chi connectivity index (χ0) is 27.2. The van der Waals surface area contributed by atoms with Gasteiger partial charge < -0.3 is 24.8 Å². The van der Waals surface area contributed by atoms with Crippen LogP contribution in [0.15, 0.2) is 84.3 Å². The molecule has 0 unspecified atom stereocenters. The Balaban J connectivity index is 1.29. The van der Waals surface area contributed by atoms with Crippen molar-refractivity contribution in [2.75, 3.05) is 45.2 Å². The summed E-state index contributed by atoms with van der Waals surface area (Å²) in [6.07, 6.45) is 6.63. The summed E-state index contributed by atoms with van der Waals surface area (Å²) in [5.41, 5.74) is 4.40. The van der Waals surface area contributed by atoms with E-state index in [0.717, 1.165) is 48.3 Å². The number of hydrogen-bond donors (Lipinski definition) is 2. The molecule has 0 atom stereocenters. The maximum absolute atomic E-state index is 13.0. The lowest BCUT2D eigenvalue weighted by atomic mass is 10.2. The summed E-state index contributed by atoms with van der Waals surface area (Å²) in [7, 11) is 2.07. The van der Waals surface area contributed by atoms with Crippen LogP contribution in [0.3, 0.4) is 0 Å². The Morgan fingerprint density at radius 2 is 1.92 bits per heavy atom. The van der Waals surface area contributed by atoms with Crippen molar-refractivity contribution < 1.29 is 9.53 Å². The number of amides is 1. The van der Waals surface area contributed by atoms with E-state index in [-0.39, 0.29) is 5.91 Å². The van der Waals surface area contributed by atoms with Gasteiger partial charge in [-0.05, 0) is 50.2 Å². The van der Waals surface area contributed by atoms with E-state index < -0.39 is 0 Å². The number of piperazine rings is 1. The van der Waals surface area contributed by atoms with E-state index in [1.165, 1.54) is 0 Å². The first-order valence-electron chi connectivity index (χ1n) is 12.6. The van der Waals surface area contributed by atoms with Gasteiger partial charge in [0, 0.05) is 73.0 Å². The van der Waals surface area contributed by atoms with Crippen molar-refractivity contribution in [2.24, 2.45) is 4.99 Å². The maximum Gasteiger partial charge on any atom is 0.270 e. The van der Waals surface area contributed by atoms with Crippen molar-refractivity contribution in [2.45, 2.75) is 0 Å². The number of ether oxygens (including phenoxy) is 1. The van der Waals surface area contributed by atoms with Crippen LogP contribution in [0.2, 0.25) is 0 Å². The fraction of sp³-hybridized carbons (Fsp3) is 0.207. The highest BCUT2D eigenvalue weighted by Gasteiger charge is 2.21. The Bertz CT molecular complexity index is 1540. The molecule has 4 heterocycles. The average Bonchev–Trinajstić information content (AvgIpc) is 3.39. The molecule has 198 valence electrons. The van der Waals surface area contributed by atoms with Gasteiger partial charge >= 0.3 is 0 Å². The van der Waals surface area contributed by atoms with Gasteiger partial charge in [-0.15, -0.1) is 0 Å². The van der Waals surface area contributed by atoms with Crippen LogP contribution in [0.25, 0.3) is 22.3 Å². The van der Waals surface area contributed by atoms with Crippen molar-refractivity contribution in [1.29, 1.82) is 0 Å². The number of pyridine rings is 1. The topological polar surface area (TPSA) is 112 Å². The second kappa shape index (κ2) is 11.7. The summed E-state index contributed by atoms with van der Waals surface area (Å²) >= 11 is 0. The monoisotopic (exact) mass is 522 g/mol. The van der Waals surface area contributed by atoms with Crippen molar-refractivity contribution in [3.8, 4) is 17.1 Å². The van der Waals surface area contributed by atoms with Crippen LogP contribution in [0.1, 0.15) is 10.5 Å². The number of rotatable bonds is 9. The first-order chi connectivity index (χ1) is 19.0. The third kappa shape index (κ3) is 6.19. The smallest absolute Gasteiger partial charge is 0.270 e. The Hall–Kier alpha value is -4.83. The molecule has 10 heteroatoms. The third-order valence-electron chi connectivity index (χ3n) is 6.47. The highest BCUT2D eigenvalue weighted by atomic mass is 16.5. The van der Waals surface area contributed by atoms with Crippen molar-refractivity contribution in [3.63, 3.8) is 0 Å². The first kappa shape index (κ1) is 25.8. The standard InChI is InChI=1S/C29H30N8O2/c1-4-20(18-30-2)19-39-23-7-9-31-26(17-23)25-8-10-32-29(35-25)33-22-5-6-24-21(15-22)16-27(34-24)28(38)37-13-11-36(3)12-14-37/h4-10,15-18,34H,1-2,11-14,19H2,3H3,(H,32,33,35)/b20-18+. The minimum Gasteiger partial charge on any atom is -0.489 e. The Labute approximate surface area is 226 Å². The van der Waals surface area contributed by atoms with Gasteiger partial charge in [-0.1, -0.05) is 12.7 Å². The number of benzene rings is 1. The molecule has 1 aliphatic rings. The molecule has 0 bridgehead atoms. The third-order valence-corrected chi connectivity index (χ3v) is 6.47. The molecule has 1 aromatic carbocycles. The number of aromatic amines is 1. The summed E-state index contributed by atoms with van der Waals surface area (Å²) in [4.78, 5) is 37.6. The summed E-state index contributed by atoms with van der Waals surface area (Å²) in [6, 6.07) is 13.1. The minimum absolute atomic E-state index is 0.0256. The van der Waals surface area contributed by atoms with Gasteiger partial charge in [0.15, 0.2) is 0 Å². The molecule has 10 nitrogen and oxygen atoms in total. The lowest BCUT2D eigenvalue weighted by molar-refractivity contribution is 0.0659. The summed E-state index contributed by atoms with van der Waals surface area (Å²) in [6.45, 7) is 10.8. The molecule has 0 aliphatic carbocycles. The molecule has 39 heavy (non-hydrogen) atoms. The molecule has 0 spiro atoms. The molecule has 4 aromatic rings. The van der Waals surface area contributed by atoms with E-state index in [2.05, 4.69) is 55.5 Å². The van der Waals surface area contributed by atoms with Gasteiger partial charge in [0.1, 0.15) is 18.1 Å². The number of fused-ring (bicyclic) bond motifs is 1. The number of nitrogens with zero attached hydrogens (tertiary/aromatic N) is 6. The number of aliphatic imine (C=N–C) groups is 1. The normalized spacial score (nSPS) is 14.3. The fourth-order valence-electron chi connectivity index (χ4n) is 4.27. The van der Waals surface area contributed by atoms with Crippen molar-refractivity contribution >= 4 is 35.2 Å². The van der Waals surface area contributed by atoms with Gasteiger partial charge in [-0.3, -0.25) is 14.8 Å². The maximum atomic E-state index is 13.0. The van der Waals surface area contributed by atoms with Crippen LogP contribution in [0.4, 0.5) is 11.6 Å². The van der Waals surface area contributed by atoms with Gasteiger partial charge in [-0.2, -0.15) is 0 Å². The fourth-order valence-corrected chi connectivity index (χ4v) is 4.27. The van der Waals surface area contributed by atoms with Crippen LogP contribution in [-0.4, -0.2) is 82.2 Å². The second-order valence-electron chi connectivity index (χ2n) is 9.23. The predicted molar refractivity (Wildman–Crippen MR) is 154 cm³/mol. The lowest BCUT2D eigenvalue weighted by Gasteiger charge is -2.32. The zero-order valence-corrected chi connectivity index (χ0v) is 21.8. The number of aromatic nitrogens is 4. The molecule has 3 aromatic heterocycles. The molecular weight excluding hydrogens is 492 g/mol. The number of hydrogen-bond acceptors (Lipinski definition) is 8. The number of anilines is 2. The van der Waals surface area contributed by atoms with Crippen molar-refractivity contribution in [3.05, 3.63) is 85.0 Å². The quantitative estimate of drug-likeness (QED) is 0.249. The van der Waals surface area contributed by atoms with Crippen LogP contribution >= 0.6 is 0 Å². The molecular formula is C29H30N8O2. The van der Waals surface area contributed by atoms with Crippen LogP contribution in [-0.2, 0) is 0 Å². The summed E-state index contributed by atoms with van der Waals surface area (Å²) in [5, 5.41) is 4.19. The van der Waals surface area contributed by atoms with Gasteiger partial charge in [0.25, 0.3) is 5.91 Å². The van der Waals surface area contributed by atoms with Crippen molar-refractivity contribution in [1.82, 2.24) is 29.7 Å². The summed E-state index contributed by atoms with van der Waals surface area (Å²) in [5.74, 6) is 1.10. The highest BCUT2D eigenvalue weighted by Crippen LogP contribution is 2.25. The van der Waals surface area contributed by atoms with E-state index in [0.29, 0.717) is 35.4 Å². The molecule has 1 fully saturated rings. The molecule has 5 rings (SSSR count). The van der Waals surface area contributed by atoms with Crippen LogP contribution in [0.5, 0.6) is 5.75 Å². The minimum atomic E-state index is 0.0256. The van der Waals surface area contributed by atoms with Crippen LogP contribution < -0.4 is 10.1 Å². The van der Waals surface area contributed by atoms with Crippen LogP contribution in [0, 0.1) is 0 Å². The number of carbonyl (C=O) groups excluding carboxylic acids is 1. The molecule has 0 radical (unpaired) electrons. The molecule has 1 saturated heterocycles. The van der Waals surface area contributed by atoms with Gasteiger partial charge in [-0.25, -0.2) is 9.97 Å². The Morgan fingerprint density at radius 3 is 2.72 bits per heavy atom. The lowest BCUT2D eigenvalue weighted by Crippen LogP contribution is -2.47. The highest BCUT2D eigenvalue weighted by molar-refractivity contribution is 5.98. The number of H-pyrrole nitrogens is 1. The predicted octanol–water partition coefficient (Wildman–Crippen LogP) is 4.30.